The van der Waals surface area contributed by atoms with Crippen molar-refractivity contribution in [2.24, 2.45) is 17.1 Å². The predicted octanol–water partition coefficient (Wildman–Crippen LogP) is 0.777. The van der Waals surface area contributed by atoms with E-state index in [2.05, 4.69) is 26.1 Å². The van der Waals surface area contributed by atoms with Crippen LogP contribution in [0.15, 0.2) is 0 Å². The van der Waals surface area contributed by atoms with Gasteiger partial charge in [-0.25, -0.2) is 4.79 Å². The molecule has 134 valence electrons. The number of carbonyl (C=O) groups is 2. The fraction of sp³-hybridized carbons (Fsp3) is 0.875. The van der Waals surface area contributed by atoms with Gasteiger partial charge in [-0.2, -0.15) is 0 Å². The van der Waals surface area contributed by atoms with Gasteiger partial charge in [-0.3, -0.25) is 4.79 Å². The average molecular weight is 338 g/mol. The third-order valence-corrected chi connectivity index (χ3v) is 6.65. The largest absolute Gasteiger partial charge is 0.480 e. The SMILES string of the molecule is CC1(C)[C@H]2CC[C@]3(C)OB(CC[C@H](NC(=O)CN)C(=O)O)O[C@@]13C2. The number of nitrogens with one attached hydrogen (secondary N) is 1. The Morgan fingerprint density at radius 2 is 2.08 bits per heavy atom. The zero-order valence-corrected chi connectivity index (χ0v) is 14.6. The molecule has 1 amide bonds. The lowest BCUT2D eigenvalue weighted by molar-refractivity contribution is -0.257. The van der Waals surface area contributed by atoms with Crippen molar-refractivity contribution in [3.63, 3.8) is 0 Å². The molecule has 3 saturated carbocycles. The number of amides is 1. The number of rotatable bonds is 6. The second kappa shape index (κ2) is 5.71. The van der Waals surface area contributed by atoms with Gasteiger partial charge >= 0.3 is 13.1 Å². The van der Waals surface area contributed by atoms with Crippen LogP contribution in [0.25, 0.3) is 0 Å². The molecular weight excluding hydrogens is 311 g/mol. The fourth-order valence-electron chi connectivity index (χ4n) is 5.02. The maximum atomic E-state index is 11.4. The first-order valence-electron chi connectivity index (χ1n) is 8.73. The fourth-order valence-corrected chi connectivity index (χ4v) is 5.02. The Morgan fingerprint density at radius 1 is 1.38 bits per heavy atom. The molecule has 24 heavy (non-hydrogen) atoms. The minimum Gasteiger partial charge on any atom is -0.480 e. The molecule has 0 radical (unpaired) electrons. The minimum absolute atomic E-state index is 0.0781. The Balaban J connectivity index is 1.64. The van der Waals surface area contributed by atoms with Gasteiger partial charge in [0.2, 0.25) is 5.91 Å². The number of carboxylic acids is 1. The Morgan fingerprint density at radius 3 is 2.62 bits per heavy atom. The van der Waals surface area contributed by atoms with Crippen LogP contribution >= 0.6 is 0 Å². The zero-order valence-electron chi connectivity index (χ0n) is 14.6. The molecule has 4 atom stereocenters. The van der Waals surface area contributed by atoms with E-state index in [1.807, 2.05) is 0 Å². The Bertz CT molecular complexity index is 557. The molecule has 4 rings (SSSR count). The summed E-state index contributed by atoms with van der Waals surface area (Å²) in [5.41, 5.74) is 4.73. The van der Waals surface area contributed by atoms with Crippen LogP contribution in [-0.4, -0.2) is 47.9 Å². The van der Waals surface area contributed by atoms with Crippen LogP contribution in [0, 0.1) is 11.3 Å². The van der Waals surface area contributed by atoms with Crippen molar-refractivity contribution in [2.75, 3.05) is 6.54 Å². The molecule has 2 bridgehead atoms. The number of carboxylic acid groups (broad SMARTS) is 1. The van der Waals surface area contributed by atoms with Crippen LogP contribution in [0.2, 0.25) is 6.32 Å². The van der Waals surface area contributed by atoms with E-state index in [1.165, 1.54) is 0 Å². The molecule has 1 aliphatic heterocycles. The van der Waals surface area contributed by atoms with E-state index in [1.54, 1.807) is 0 Å². The van der Waals surface area contributed by atoms with Crippen LogP contribution in [0.1, 0.15) is 46.5 Å². The zero-order chi connectivity index (χ0) is 17.8. The van der Waals surface area contributed by atoms with Crippen molar-refractivity contribution in [1.29, 1.82) is 0 Å². The standard InChI is InChI=1S/C16H27BN2O5/c1-14(2)10-4-6-15(3)16(14,8-10)24-17(23-15)7-5-11(13(21)22)19-12(20)9-18/h10-11H,4-9,18H2,1-3H3,(H,19,20)(H,21,22)/t10-,11-,15-,16-/m0/s1. The van der Waals surface area contributed by atoms with Gasteiger partial charge in [-0.05, 0) is 50.3 Å². The highest BCUT2D eigenvalue weighted by Crippen LogP contribution is 2.70. The summed E-state index contributed by atoms with van der Waals surface area (Å²) in [6.45, 7) is 6.38. The first-order chi connectivity index (χ1) is 11.1. The van der Waals surface area contributed by atoms with E-state index in [0.29, 0.717) is 12.2 Å². The average Bonchev–Trinajstić information content (AvgIpc) is 2.85. The highest BCUT2D eigenvalue weighted by atomic mass is 16.7. The van der Waals surface area contributed by atoms with E-state index in [0.717, 1.165) is 19.3 Å². The second-order valence-electron chi connectivity index (χ2n) is 8.12. The minimum atomic E-state index is -1.07. The number of fused-ring (bicyclic) bond motifs is 1. The third-order valence-electron chi connectivity index (χ3n) is 6.65. The maximum Gasteiger partial charge on any atom is 0.457 e. The maximum absolute atomic E-state index is 11.4. The number of carbonyl (C=O) groups excluding carboxylic acids is 1. The highest BCUT2D eigenvalue weighted by molar-refractivity contribution is 6.45. The van der Waals surface area contributed by atoms with Gasteiger partial charge < -0.3 is 25.5 Å². The quantitative estimate of drug-likeness (QED) is 0.617. The molecule has 1 saturated heterocycles. The van der Waals surface area contributed by atoms with Crippen molar-refractivity contribution in [2.45, 2.75) is 70.0 Å². The summed E-state index contributed by atoms with van der Waals surface area (Å²) in [6.07, 6.45) is 3.82. The van der Waals surface area contributed by atoms with Crippen LogP contribution in [-0.2, 0) is 18.9 Å². The van der Waals surface area contributed by atoms with Gasteiger partial charge in [0.25, 0.3) is 0 Å². The summed E-state index contributed by atoms with van der Waals surface area (Å²) in [6, 6.07) is -0.969. The molecule has 3 aliphatic carbocycles. The van der Waals surface area contributed by atoms with Gasteiger partial charge in [0.15, 0.2) is 0 Å². The molecule has 0 unspecified atom stereocenters. The number of hydrogen-bond acceptors (Lipinski definition) is 5. The van der Waals surface area contributed by atoms with E-state index >= 15 is 0 Å². The second-order valence-corrected chi connectivity index (χ2v) is 8.12. The van der Waals surface area contributed by atoms with Gasteiger partial charge in [-0.15, -0.1) is 0 Å². The molecule has 0 aromatic heterocycles. The van der Waals surface area contributed by atoms with Crippen LogP contribution in [0.4, 0.5) is 0 Å². The molecule has 4 fully saturated rings. The summed E-state index contributed by atoms with van der Waals surface area (Å²) >= 11 is 0. The first-order valence-corrected chi connectivity index (χ1v) is 8.73. The van der Waals surface area contributed by atoms with E-state index in [9.17, 15) is 14.7 Å². The number of aliphatic carboxylic acids is 1. The molecule has 1 spiro atoms. The van der Waals surface area contributed by atoms with Crippen molar-refractivity contribution in [3.8, 4) is 0 Å². The monoisotopic (exact) mass is 338 g/mol. The first kappa shape index (κ1) is 17.7. The van der Waals surface area contributed by atoms with E-state index in [-0.39, 0.29) is 29.6 Å². The molecule has 1 heterocycles. The third kappa shape index (κ3) is 2.38. The summed E-state index contributed by atoms with van der Waals surface area (Å²) in [5, 5.41) is 11.7. The lowest BCUT2D eigenvalue weighted by Gasteiger charge is -2.69. The lowest BCUT2D eigenvalue weighted by atomic mass is 9.41. The molecule has 0 aromatic rings. The Hall–Kier alpha value is -1.12. The lowest BCUT2D eigenvalue weighted by Crippen LogP contribution is -2.73. The van der Waals surface area contributed by atoms with Crippen LogP contribution < -0.4 is 11.1 Å². The molecule has 7 nitrogen and oxygen atoms in total. The molecule has 8 heteroatoms. The summed E-state index contributed by atoms with van der Waals surface area (Å²) < 4.78 is 12.6. The topological polar surface area (TPSA) is 111 Å². The van der Waals surface area contributed by atoms with Gasteiger partial charge in [0.05, 0.1) is 17.7 Å². The molecule has 4 aliphatic rings. The Kier molecular flexibility index (Phi) is 4.21. The molecular formula is C16H27BN2O5. The van der Waals surface area contributed by atoms with Crippen molar-refractivity contribution < 1.29 is 24.0 Å². The highest BCUT2D eigenvalue weighted by Gasteiger charge is 2.75. The Labute approximate surface area is 142 Å². The van der Waals surface area contributed by atoms with Gasteiger partial charge in [0, 0.05) is 0 Å². The van der Waals surface area contributed by atoms with Gasteiger partial charge in [0.1, 0.15) is 6.04 Å². The smallest absolute Gasteiger partial charge is 0.457 e. The predicted molar refractivity (Wildman–Crippen MR) is 88.2 cm³/mol. The van der Waals surface area contributed by atoms with Crippen LogP contribution in [0.5, 0.6) is 0 Å². The van der Waals surface area contributed by atoms with Crippen molar-refractivity contribution in [3.05, 3.63) is 0 Å². The van der Waals surface area contributed by atoms with Crippen molar-refractivity contribution >= 4 is 19.0 Å². The summed E-state index contributed by atoms with van der Waals surface area (Å²) in [7, 11) is -0.426. The summed E-state index contributed by atoms with van der Waals surface area (Å²) in [4.78, 5) is 22.7. The number of hydrogen-bond donors (Lipinski definition) is 3. The van der Waals surface area contributed by atoms with Crippen molar-refractivity contribution in [1.82, 2.24) is 5.32 Å². The normalized spacial score (nSPS) is 37.3. The van der Waals surface area contributed by atoms with E-state index < -0.39 is 25.0 Å². The molecule has 0 aromatic carbocycles. The van der Waals surface area contributed by atoms with E-state index in [4.69, 9.17) is 15.0 Å². The number of nitrogens with two attached hydrogens (primary N) is 1. The van der Waals surface area contributed by atoms with Crippen LogP contribution in [0.3, 0.4) is 0 Å². The van der Waals surface area contributed by atoms with Gasteiger partial charge in [-0.1, -0.05) is 13.8 Å². The summed E-state index contributed by atoms with van der Waals surface area (Å²) in [5.74, 6) is -0.873. The molecule has 4 N–H and O–H groups in total.